The fraction of sp³-hybridized carbons (Fsp3) is 0.500. The summed E-state index contributed by atoms with van der Waals surface area (Å²) in [6.07, 6.45) is 2.82. The quantitative estimate of drug-likeness (QED) is 0.893. The number of carbonyl (C=O) groups is 1. The van der Waals surface area contributed by atoms with Crippen LogP contribution in [-0.2, 0) is 19.4 Å². The third kappa shape index (κ3) is 2.09. The third-order valence-electron chi connectivity index (χ3n) is 4.75. The number of hydrogen-bond acceptors (Lipinski definition) is 4. The number of nitrogens with zero attached hydrogens (tertiary/aromatic N) is 2. The van der Waals surface area contributed by atoms with E-state index in [1.54, 1.807) is 0 Å². The lowest BCUT2D eigenvalue weighted by molar-refractivity contribution is 0.0650. The molecule has 5 nitrogen and oxygen atoms in total. The summed E-state index contributed by atoms with van der Waals surface area (Å²) < 4.78 is 0. The van der Waals surface area contributed by atoms with E-state index in [0.29, 0.717) is 5.69 Å². The molecule has 2 aromatic heterocycles. The maximum absolute atomic E-state index is 13.1. The van der Waals surface area contributed by atoms with Crippen molar-refractivity contribution in [2.24, 2.45) is 0 Å². The minimum Gasteiger partial charge on any atom is -0.330 e. The minimum atomic E-state index is 0.0740. The number of carbonyl (C=O) groups excluding carboxylic acids is 1. The fourth-order valence-electron chi connectivity index (χ4n) is 3.62. The molecule has 1 amide bonds. The average Bonchev–Trinajstić information content (AvgIpc) is 3.19. The van der Waals surface area contributed by atoms with Gasteiger partial charge in [-0.2, -0.15) is 5.10 Å². The minimum absolute atomic E-state index is 0.0740. The molecule has 2 aromatic rings. The molecule has 0 saturated heterocycles. The molecule has 2 N–H and O–H groups in total. The van der Waals surface area contributed by atoms with E-state index in [1.165, 1.54) is 10.4 Å². The molecule has 116 valence electrons. The van der Waals surface area contributed by atoms with Crippen LogP contribution in [0.25, 0.3) is 0 Å². The maximum Gasteiger partial charge on any atom is 0.275 e. The summed E-state index contributed by atoms with van der Waals surface area (Å²) in [5.74, 6) is 0.0740. The van der Waals surface area contributed by atoms with E-state index in [4.69, 9.17) is 0 Å². The summed E-state index contributed by atoms with van der Waals surface area (Å²) in [4.78, 5) is 16.5. The number of hydrogen-bond donors (Lipinski definition) is 2. The number of nitrogens with one attached hydrogen (secondary N) is 2. The number of amides is 1. The number of aromatic nitrogens is 2. The second-order valence-electron chi connectivity index (χ2n) is 5.93. The lowest BCUT2D eigenvalue weighted by Gasteiger charge is -2.35. The van der Waals surface area contributed by atoms with Crippen molar-refractivity contribution in [3.63, 3.8) is 0 Å². The van der Waals surface area contributed by atoms with Gasteiger partial charge in [-0.15, -0.1) is 11.3 Å². The van der Waals surface area contributed by atoms with Crippen LogP contribution < -0.4 is 5.32 Å². The van der Waals surface area contributed by atoms with E-state index in [9.17, 15) is 4.79 Å². The highest BCUT2D eigenvalue weighted by molar-refractivity contribution is 7.10. The molecule has 0 bridgehead atoms. The Kier molecular flexibility index (Phi) is 3.50. The predicted molar refractivity (Wildman–Crippen MR) is 86.1 cm³/mol. The van der Waals surface area contributed by atoms with Crippen LogP contribution in [0.5, 0.6) is 0 Å². The van der Waals surface area contributed by atoms with Gasteiger partial charge < -0.3 is 10.2 Å². The van der Waals surface area contributed by atoms with Crippen LogP contribution in [0.2, 0.25) is 0 Å². The molecule has 2 aliphatic heterocycles. The van der Waals surface area contributed by atoms with Gasteiger partial charge in [-0.3, -0.25) is 9.89 Å². The number of H-pyrrole nitrogens is 1. The van der Waals surface area contributed by atoms with Crippen LogP contribution in [0.1, 0.15) is 51.6 Å². The van der Waals surface area contributed by atoms with E-state index in [-0.39, 0.29) is 11.9 Å². The number of aromatic amines is 1. The van der Waals surface area contributed by atoms with Gasteiger partial charge in [0.1, 0.15) is 0 Å². The molecule has 4 heterocycles. The second-order valence-corrected chi connectivity index (χ2v) is 6.93. The van der Waals surface area contributed by atoms with Crippen LogP contribution in [0.4, 0.5) is 0 Å². The van der Waals surface area contributed by atoms with Crippen molar-refractivity contribution >= 4 is 17.2 Å². The van der Waals surface area contributed by atoms with Crippen molar-refractivity contribution in [2.45, 2.75) is 38.8 Å². The van der Waals surface area contributed by atoms with Crippen LogP contribution in [0.3, 0.4) is 0 Å². The van der Waals surface area contributed by atoms with Gasteiger partial charge in [-0.05, 0) is 29.9 Å². The van der Waals surface area contributed by atoms with Crippen LogP contribution in [0, 0.1) is 0 Å². The van der Waals surface area contributed by atoms with Crippen molar-refractivity contribution in [3.8, 4) is 0 Å². The Hall–Kier alpha value is -1.66. The first kappa shape index (κ1) is 14.0. The summed E-state index contributed by atoms with van der Waals surface area (Å²) >= 11 is 1.81. The second kappa shape index (κ2) is 5.52. The zero-order valence-corrected chi connectivity index (χ0v) is 13.5. The molecular weight excluding hydrogens is 296 g/mol. The van der Waals surface area contributed by atoms with E-state index in [1.807, 2.05) is 16.2 Å². The van der Waals surface area contributed by atoms with Gasteiger partial charge >= 0.3 is 0 Å². The first-order chi connectivity index (χ1) is 10.8. The summed E-state index contributed by atoms with van der Waals surface area (Å²) in [5.41, 5.74) is 4.11. The number of fused-ring (bicyclic) bond motifs is 2. The van der Waals surface area contributed by atoms with Crippen molar-refractivity contribution in [1.82, 2.24) is 20.4 Å². The molecule has 22 heavy (non-hydrogen) atoms. The molecule has 6 heteroatoms. The van der Waals surface area contributed by atoms with Crippen molar-refractivity contribution in [2.75, 3.05) is 13.1 Å². The molecule has 0 fully saturated rings. The standard InChI is InChI=1S/C16H20N4OS/c1-2-13-10-5-8-22-14(10)4-7-20(13)16(21)15-11-9-17-6-3-12(11)18-19-15/h5,8,13,17H,2-4,6-7,9H2,1H3,(H,18,19). The molecule has 0 spiro atoms. The van der Waals surface area contributed by atoms with Gasteiger partial charge in [-0.1, -0.05) is 6.92 Å². The van der Waals surface area contributed by atoms with Gasteiger partial charge in [0.25, 0.3) is 5.91 Å². The maximum atomic E-state index is 13.1. The third-order valence-corrected chi connectivity index (χ3v) is 5.75. The fourth-order valence-corrected chi connectivity index (χ4v) is 4.55. The lowest BCUT2D eigenvalue weighted by atomic mass is 9.96. The Labute approximate surface area is 133 Å². The highest BCUT2D eigenvalue weighted by atomic mass is 32.1. The topological polar surface area (TPSA) is 61.0 Å². The van der Waals surface area contributed by atoms with E-state index in [2.05, 4.69) is 33.9 Å². The first-order valence-corrected chi connectivity index (χ1v) is 8.81. The predicted octanol–water partition coefficient (Wildman–Crippen LogP) is 2.27. The Bertz CT molecular complexity index is 705. The number of thiophene rings is 1. The normalized spacial score (nSPS) is 20.6. The summed E-state index contributed by atoms with van der Waals surface area (Å²) in [5, 5.41) is 12.9. The van der Waals surface area contributed by atoms with Crippen molar-refractivity contribution in [1.29, 1.82) is 0 Å². The summed E-state index contributed by atoms with van der Waals surface area (Å²) in [6, 6.07) is 2.36. The van der Waals surface area contributed by atoms with E-state index < -0.39 is 0 Å². The Morgan fingerprint density at radius 1 is 1.50 bits per heavy atom. The average molecular weight is 316 g/mol. The smallest absolute Gasteiger partial charge is 0.275 e. The van der Waals surface area contributed by atoms with Crippen molar-refractivity contribution in [3.05, 3.63) is 38.8 Å². The van der Waals surface area contributed by atoms with Crippen molar-refractivity contribution < 1.29 is 4.79 Å². The highest BCUT2D eigenvalue weighted by Crippen LogP contribution is 2.36. The molecule has 4 rings (SSSR count). The molecule has 1 atom stereocenters. The molecule has 1 unspecified atom stereocenters. The van der Waals surface area contributed by atoms with Gasteiger partial charge in [0.15, 0.2) is 5.69 Å². The zero-order valence-electron chi connectivity index (χ0n) is 12.7. The van der Waals surface area contributed by atoms with Crippen LogP contribution >= 0.6 is 11.3 Å². The zero-order chi connectivity index (χ0) is 15.1. The molecule has 2 aliphatic rings. The van der Waals surface area contributed by atoms with E-state index in [0.717, 1.165) is 50.2 Å². The van der Waals surface area contributed by atoms with Gasteiger partial charge in [0, 0.05) is 42.2 Å². The SMILES string of the molecule is CCC1c2ccsc2CCN1C(=O)c1n[nH]c2c1CNCC2. The lowest BCUT2D eigenvalue weighted by Crippen LogP contribution is -2.40. The Balaban J connectivity index is 1.67. The highest BCUT2D eigenvalue weighted by Gasteiger charge is 2.33. The summed E-state index contributed by atoms with van der Waals surface area (Å²) in [6.45, 7) is 4.63. The van der Waals surface area contributed by atoms with Crippen LogP contribution in [-0.4, -0.2) is 34.1 Å². The molecule has 0 radical (unpaired) electrons. The largest absolute Gasteiger partial charge is 0.330 e. The first-order valence-electron chi connectivity index (χ1n) is 7.93. The summed E-state index contributed by atoms with van der Waals surface area (Å²) in [7, 11) is 0. The Morgan fingerprint density at radius 2 is 2.41 bits per heavy atom. The van der Waals surface area contributed by atoms with Gasteiger partial charge in [-0.25, -0.2) is 0 Å². The van der Waals surface area contributed by atoms with Gasteiger partial charge in [0.05, 0.1) is 6.04 Å². The molecule has 0 aromatic carbocycles. The number of rotatable bonds is 2. The monoisotopic (exact) mass is 316 g/mol. The van der Waals surface area contributed by atoms with Gasteiger partial charge in [0.2, 0.25) is 0 Å². The van der Waals surface area contributed by atoms with Crippen LogP contribution in [0.15, 0.2) is 11.4 Å². The molecule has 0 aliphatic carbocycles. The Morgan fingerprint density at radius 3 is 3.27 bits per heavy atom. The van der Waals surface area contributed by atoms with E-state index >= 15 is 0 Å². The molecular formula is C16H20N4OS. The molecule has 0 saturated carbocycles.